The van der Waals surface area contributed by atoms with Crippen molar-refractivity contribution in [3.63, 3.8) is 0 Å². The van der Waals surface area contributed by atoms with Crippen LogP contribution < -0.4 is 0 Å². The van der Waals surface area contributed by atoms with Crippen LogP contribution in [0.1, 0.15) is 0 Å². The summed E-state index contributed by atoms with van der Waals surface area (Å²) in [6.07, 6.45) is -7.06. The Hall–Kier alpha value is -1.17. The van der Waals surface area contributed by atoms with Crippen molar-refractivity contribution in [3.05, 3.63) is 30.5 Å². The Morgan fingerprint density at radius 3 is 2.46 bits per heavy atom. The summed E-state index contributed by atoms with van der Waals surface area (Å²) in [5, 5.41) is 59.9. The number of aromatic nitrogens is 1. The van der Waals surface area contributed by atoms with Crippen molar-refractivity contribution in [1.29, 1.82) is 0 Å². The summed E-state index contributed by atoms with van der Waals surface area (Å²) in [6.45, 7) is 0. The second kappa shape index (κ2) is 6.62. The van der Waals surface area contributed by atoms with E-state index >= 15 is 0 Å². The number of hydrogen-bond acceptors (Lipinski definition) is 7. The molecule has 0 unspecified atom stereocenters. The van der Waals surface area contributed by atoms with E-state index in [4.69, 9.17) is 4.74 Å². The van der Waals surface area contributed by atoms with Crippen LogP contribution in [0.5, 0.6) is 5.75 Å². The second-order valence-electron chi connectivity index (χ2n) is 5.36. The third-order valence-corrected chi connectivity index (χ3v) is 4.01. The van der Waals surface area contributed by atoms with Gasteiger partial charge in [-0.25, -0.2) is 4.79 Å². The Kier molecular flexibility index (Phi) is 5.28. The normalized spacial score (nSPS) is 33.2. The number of carboxylic acids is 1. The predicted octanol–water partition coefficient (Wildman–Crippen LogP) is -2.13. The topological polar surface area (TPSA) is 153 Å². The van der Waals surface area contributed by atoms with Crippen molar-refractivity contribution in [3.8, 4) is 5.75 Å². The number of aliphatic hydroxyl groups is 4. The molecule has 6 N–H and O–H groups in total. The monoisotopic (exact) mass is 349 g/mol. The fraction of sp³-hybridized carbons (Fsp3) is 0.357. The van der Waals surface area contributed by atoms with E-state index in [1.54, 1.807) is 12.1 Å². The van der Waals surface area contributed by atoms with Crippen LogP contribution >= 0.6 is 0 Å². The van der Waals surface area contributed by atoms with Crippen LogP contribution in [0.3, 0.4) is 0 Å². The van der Waals surface area contributed by atoms with E-state index in [0.717, 1.165) is 10.8 Å². The number of fused-ring (bicyclic) bond motifs is 1. The number of aromatic hydroxyl groups is 1. The number of aliphatic carboxylic acids is 1. The molecule has 2 aromatic rings. The van der Waals surface area contributed by atoms with Crippen molar-refractivity contribution >= 4 is 46.4 Å². The van der Waals surface area contributed by atoms with E-state index < -0.39 is 36.3 Å². The zero-order chi connectivity index (χ0) is 16.9. The number of carboxylic acid groups (broad SMARTS) is 1. The van der Waals surface area contributed by atoms with Crippen LogP contribution in [-0.2, 0) is 15.3 Å². The number of ether oxygens (including phenoxy) is 1. The number of hydrogen-bond donors (Lipinski definition) is 6. The number of benzene rings is 1. The molecule has 1 aliphatic heterocycles. The first-order valence-electron chi connectivity index (χ1n) is 6.73. The summed E-state index contributed by atoms with van der Waals surface area (Å²) in [5.41, 5.74) is -2.43. The van der Waals surface area contributed by atoms with Crippen molar-refractivity contribution in [2.24, 2.45) is 0 Å². The Bertz CT molecular complexity index is 764. The molecule has 3 rings (SSSR count). The molecule has 0 amide bonds. The molecule has 9 nitrogen and oxygen atoms in total. The predicted molar refractivity (Wildman–Crippen MR) is 81.5 cm³/mol. The Morgan fingerprint density at radius 2 is 1.83 bits per heavy atom. The molecular formula is C14H16NNaO8. The van der Waals surface area contributed by atoms with Gasteiger partial charge >= 0.3 is 35.5 Å². The Labute approximate surface area is 157 Å². The molecule has 0 radical (unpaired) electrons. The van der Waals surface area contributed by atoms with Crippen LogP contribution in [0, 0.1) is 0 Å². The average molecular weight is 349 g/mol. The SMILES string of the molecule is O=C(O)[C@H]1O[C@@H](O)[C@H](O)[C@@H](O)[C@@]1(O)n1cc(O)c2ccccc21.[NaH]. The van der Waals surface area contributed by atoms with Gasteiger partial charge in [-0.3, -0.25) is 0 Å². The van der Waals surface area contributed by atoms with E-state index in [1.807, 2.05) is 0 Å². The molecule has 5 atom stereocenters. The van der Waals surface area contributed by atoms with Crippen LogP contribution in [-0.4, -0.2) is 95.3 Å². The van der Waals surface area contributed by atoms with Crippen LogP contribution in [0.25, 0.3) is 10.9 Å². The molecule has 0 saturated carbocycles. The molecule has 1 aromatic carbocycles. The van der Waals surface area contributed by atoms with Crippen molar-refractivity contribution in [2.45, 2.75) is 30.3 Å². The van der Waals surface area contributed by atoms with Gasteiger partial charge in [0.25, 0.3) is 0 Å². The molecular weight excluding hydrogens is 333 g/mol. The van der Waals surface area contributed by atoms with Crippen LogP contribution in [0.4, 0.5) is 0 Å². The number of para-hydroxylation sites is 1. The third kappa shape index (κ3) is 2.63. The van der Waals surface area contributed by atoms with E-state index in [-0.39, 0.29) is 40.8 Å². The number of nitrogens with zero attached hydrogens (tertiary/aromatic N) is 1. The summed E-state index contributed by atoms with van der Waals surface area (Å²) in [7, 11) is 0. The second-order valence-corrected chi connectivity index (χ2v) is 5.36. The summed E-state index contributed by atoms with van der Waals surface area (Å²) in [5.74, 6) is -1.92. The van der Waals surface area contributed by atoms with Gasteiger partial charge in [0.15, 0.2) is 6.29 Å². The third-order valence-electron chi connectivity index (χ3n) is 4.01. The molecule has 0 aliphatic carbocycles. The zero-order valence-corrected chi connectivity index (χ0v) is 11.6. The number of aliphatic hydroxyl groups excluding tert-OH is 3. The van der Waals surface area contributed by atoms with E-state index in [1.165, 1.54) is 12.1 Å². The van der Waals surface area contributed by atoms with Crippen molar-refractivity contribution in [1.82, 2.24) is 4.57 Å². The Morgan fingerprint density at radius 1 is 1.21 bits per heavy atom. The van der Waals surface area contributed by atoms with E-state index in [2.05, 4.69) is 0 Å². The average Bonchev–Trinajstić information content (AvgIpc) is 2.86. The molecule has 1 aliphatic rings. The van der Waals surface area contributed by atoms with Gasteiger partial charge in [0, 0.05) is 11.6 Å². The van der Waals surface area contributed by atoms with E-state index in [0.29, 0.717) is 5.39 Å². The first-order chi connectivity index (χ1) is 10.8. The molecule has 0 bridgehead atoms. The summed E-state index contributed by atoms with van der Waals surface area (Å²) >= 11 is 0. The maximum absolute atomic E-state index is 11.4. The molecule has 126 valence electrons. The standard InChI is InChI=1S/C14H15NO8.Na.H/c16-8-5-15(7-4-2-1-3-6(7)8)14(22)10(18)9(17)13(21)23-11(14)12(19)20;;/h1-5,9-11,13,16-18,21-22H,(H,19,20);;/t9-,10-,11-,13-,14+;;/m1../s1. The van der Waals surface area contributed by atoms with Gasteiger partial charge in [-0.05, 0) is 12.1 Å². The zero-order valence-electron chi connectivity index (χ0n) is 11.6. The van der Waals surface area contributed by atoms with Gasteiger partial charge in [-0.1, -0.05) is 12.1 Å². The van der Waals surface area contributed by atoms with Gasteiger partial charge in [0.05, 0.1) is 5.52 Å². The molecule has 1 aromatic heterocycles. The van der Waals surface area contributed by atoms with Gasteiger partial charge in [-0.2, -0.15) is 0 Å². The quantitative estimate of drug-likeness (QED) is 0.336. The van der Waals surface area contributed by atoms with E-state index in [9.17, 15) is 35.4 Å². The van der Waals surface area contributed by atoms with Crippen LogP contribution in [0.2, 0.25) is 0 Å². The van der Waals surface area contributed by atoms with Crippen LogP contribution in [0.15, 0.2) is 30.5 Å². The summed E-state index contributed by atoms with van der Waals surface area (Å²) < 4.78 is 5.67. The molecule has 0 spiro atoms. The summed E-state index contributed by atoms with van der Waals surface area (Å²) in [4.78, 5) is 11.4. The Balaban J connectivity index is 0.00000208. The minimum absolute atomic E-state index is 0. The van der Waals surface area contributed by atoms with Crippen molar-refractivity contribution < 1.29 is 40.2 Å². The fourth-order valence-electron chi connectivity index (χ4n) is 2.85. The maximum atomic E-state index is 11.4. The molecule has 2 heterocycles. The first kappa shape index (κ1) is 19.2. The minimum atomic E-state index is -2.65. The summed E-state index contributed by atoms with van der Waals surface area (Å²) in [6, 6.07) is 6.22. The van der Waals surface area contributed by atoms with Gasteiger partial charge in [-0.15, -0.1) is 0 Å². The molecule has 24 heavy (non-hydrogen) atoms. The van der Waals surface area contributed by atoms with Gasteiger partial charge in [0.1, 0.15) is 18.0 Å². The molecule has 1 fully saturated rings. The number of carbonyl (C=O) groups is 1. The van der Waals surface area contributed by atoms with Gasteiger partial charge < -0.3 is 39.9 Å². The first-order valence-corrected chi connectivity index (χ1v) is 6.73. The molecule has 10 heteroatoms. The van der Waals surface area contributed by atoms with Gasteiger partial charge in [0.2, 0.25) is 11.8 Å². The fourth-order valence-corrected chi connectivity index (χ4v) is 2.85. The van der Waals surface area contributed by atoms with Crippen molar-refractivity contribution in [2.75, 3.05) is 0 Å². The molecule has 1 saturated heterocycles. The number of rotatable bonds is 2.